The average molecular weight is 368 g/mol. The van der Waals surface area contributed by atoms with Gasteiger partial charge in [0.1, 0.15) is 5.82 Å². The molecule has 0 heterocycles. The largest absolute Gasteiger partial charge is 0.207 e. The molecule has 0 nitrogen and oxygen atoms in total. The number of halogens is 1. The van der Waals surface area contributed by atoms with Crippen molar-refractivity contribution in [3.05, 3.63) is 106 Å². The smallest absolute Gasteiger partial charge is 0.123 e. The van der Waals surface area contributed by atoms with Gasteiger partial charge in [0.25, 0.3) is 0 Å². The van der Waals surface area contributed by atoms with Gasteiger partial charge in [-0.2, -0.15) is 0 Å². The third-order valence-electron chi connectivity index (χ3n) is 4.79. The Hall–Kier alpha value is -3.11. The second-order valence-corrected chi connectivity index (χ2v) is 7.10. The highest BCUT2D eigenvalue weighted by Gasteiger charge is 2.01. The molecule has 0 N–H and O–H groups in total. The van der Waals surface area contributed by atoms with E-state index in [4.69, 9.17) is 0 Å². The van der Waals surface area contributed by atoms with Crippen molar-refractivity contribution in [1.82, 2.24) is 0 Å². The number of rotatable bonds is 4. The molecule has 3 aromatic carbocycles. The van der Waals surface area contributed by atoms with E-state index >= 15 is 0 Å². The van der Waals surface area contributed by atoms with Gasteiger partial charge in [-0.25, -0.2) is 4.39 Å². The van der Waals surface area contributed by atoms with Crippen molar-refractivity contribution in [3.8, 4) is 11.8 Å². The number of benzene rings is 3. The number of hydrogen-bond donors (Lipinski definition) is 0. The van der Waals surface area contributed by atoms with Gasteiger partial charge in [-0.15, -0.1) is 0 Å². The number of hydrogen-bond acceptors (Lipinski definition) is 0. The first-order chi connectivity index (χ1) is 13.5. The second-order valence-electron chi connectivity index (χ2n) is 7.10. The van der Waals surface area contributed by atoms with E-state index < -0.39 is 0 Å². The van der Waals surface area contributed by atoms with E-state index in [1.807, 2.05) is 19.1 Å². The number of allylic oxidation sites excluding steroid dienone is 1. The molecule has 3 rings (SSSR count). The molecule has 0 aliphatic carbocycles. The Morgan fingerprint density at radius 2 is 1.54 bits per heavy atom. The maximum absolute atomic E-state index is 13.1. The standard InChI is InChI=1S/C27H25F/c1-4-5-22-6-8-23(9-7-22)10-11-24-12-13-26(20(2)18-24)19-21(3)25-14-16-27(28)17-15-25/h6-9,12-19H,4-5H2,1-3H3/b21-19+. The summed E-state index contributed by atoms with van der Waals surface area (Å²) in [6.07, 6.45) is 4.40. The van der Waals surface area contributed by atoms with Gasteiger partial charge in [-0.3, -0.25) is 0 Å². The molecule has 28 heavy (non-hydrogen) atoms. The van der Waals surface area contributed by atoms with Crippen LogP contribution < -0.4 is 0 Å². The van der Waals surface area contributed by atoms with Crippen LogP contribution in [0.15, 0.2) is 66.7 Å². The Bertz CT molecular complexity index is 1030. The van der Waals surface area contributed by atoms with E-state index in [0.717, 1.165) is 40.7 Å². The first kappa shape index (κ1) is 19.6. The van der Waals surface area contributed by atoms with E-state index in [1.54, 1.807) is 0 Å². The van der Waals surface area contributed by atoms with Crippen LogP contribution in [0.5, 0.6) is 0 Å². The Balaban J connectivity index is 1.77. The average Bonchev–Trinajstić information content (AvgIpc) is 2.70. The highest BCUT2D eigenvalue weighted by molar-refractivity contribution is 5.81. The zero-order valence-corrected chi connectivity index (χ0v) is 16.7. The van der Waals surface area contributed by atoms with Gasteiger partial charge < -0.3 is 0 Å². The molecule has 0 radical (unpaired) electrons. The SMILES string of the molecule is CCCc1ccc(C#Cc2ccc(/C=C(\C)c3ccc(F)cc3)c(C)c2)cc1. The minimum absolute atomic E-state index is 0.212. The summed E-state index contributed by atoms with van der Waals surface area (Å²) < 4.78 is 13.1. The molecule has 0 spiro atoms. The van der Waals surface area contributed by atoms with Crippen LogP contribution in [0, 0.1) is 24.6 Å². The van der Waals surface area contributed by atoms with Gasteiger partial charge in [-0.1, -0.05) is 61.6 Å². The van der Waals surface area contributed by atoms with Crippen LogP contribution in [0.25, 0.3) is 11.6 Å². The molecule has 0 aromatic heterocycles. The minimum Gasteiger partial charge on any atom is -0.207 e. The molecule has 0 bridgehead atoms. The predicted octanol–water partition coefficient (Wildman–Crippen LogP) is 7.05. The molecule has 3 aromatic rings. The van der Waals surface area contributed by atoms with E-state index in [-0.39, 0.29) is 5.82 Å². The highest BCUT2D eigenvalue weighted by Crippen LogP contribution is 2.21. The fourth-order valence-corrected chi connectivity index (χ4v) is 3.13. The summed E-state index contributed by atoms with van der Waals surface area (Å²) >= 11 is 0. The van der Waals surface area contributed by atoms with Crippen LogP contribution in [0.2, 0.25) is 0 Å². The van der Waals surface area contributed by atoms with Crippen molar-refractivity contribution in [2.45, 2.75) is 33.6 Å². The van der Waals surface area contributed by atoms with Crippen LogP contribution >= 0.6 is 0 Å². The lowest BCUT2D eigenvalue weighted by molar-refractivity contribution is 0.627. The summed E-state index contributed by atoms with van der Waals surface area (Å²) in [7, 11) is 0. The molecular weight excluding hydrogens is 343 g/mol. The number of aryl methyl sites for hydroxylation is 2. The fourth-order valence-electron chi connectivity index (χ4n) is 3.13. The quantitative estimate of drug-likeness (QED) is 0.342. The van der Waals surface area contributed by atoms with Gasteiger partial charge in [0.05, 0.1) is 0 Å². The Kier molecular flexibility index (Phi) is 6.45. The summed E-state index contributed by atoms with van der Waals surface area (Å²) in [5.41, 5.74) is 7.85. The summed E-state index contributed by atoms with van der Waals surface area (Å²) in [5.74, 6) is 6.29. The molecule has 0 amide bonds. The second kappa shape index (κ2) is 9.20. The van der Waals surface area contributed by atoms with Crippen LogP contribution in [0.4, 0.5) is 4.39 Å². The van der Waals surface area contributed by atoms with Crippen LogP contribution in [-0.4, -0.2) is 0 Å². The molecule has 0 aliphatic rings. The van der Waals surface area contributed by atoms with Crippen molar-refractivity contribution in [2.24, 2.45) is 0 Å². The maximum Gasteiger partial charge on any atom is 0.123 e. The van der Waals surface area contributed by atoms with Crippen molar-refractivity contribution < 1.29 is 4.39 Å². The lowest BCUT2D eigenvalue weighted by Gasteiger charge is -2.05. The first-order valence-corrected chi connectivity index (χ1v) is 9.71. The maximum atomic E-state index is 13.1. The molecule has 0 atom stereocenters. The third kappa shape index (κ3) is 5.21. The molecule has 140 valence electrons. The van der Waals surface area contributed by atoms with Gasteiger partial charge in [0, 0.05) is 11.1 Å². The molecule has 1 heteroatoms. The van der Waals surface area contributed by atoms with E-state index in [0.29, 0.717) is 0 Å². The molecule has 0 fully saturated rings. The van der Waals surface area contributed by atoms with Crippen molar-refractivity contribution in [3.63, 3.8) is 0 Å². The van der Waals surface area contributed by atoms with E-state index in [9.17, 15) is 4.39 Å². The summed E-state index contributed by atoms with van der Waals surface area (Å²) in [6.45, 7) is 6.33. The third-order valence-corrected chi connectivity index (χ3v) is 4.79. The molecule has 0 unspecified atom stereocenters. The van der Waals surface area contributed by atoms with Crippen LogP contribution in [0.1, 0.15) is 53.6 Å². The van der Waals surface area contributed by atoms with Gasteiger partial charge in [0.15, 0.2) is 0 Å². The zero-order chi connectivity index (χ0) is 19.9. The summed E-state index contributed by atoms with van der Waals surface area (Å²) in [4.78, 5) is 0. The van der Waals surface area contributed by atoms with Gasteiger partial charge in [-0.05, 0) is 84.5 Å². The fraction of sp³-hybridized carbons (Fsp3) is 0.185. The first-order valence-electron chi connectivity index (χ1n) is 9.71. The van der Waals surface area contributed by atoms with Crippen molar-refractivity contribution in [1.29, 1.82) is 0 Å². The Morgan fingerprint density at radius 3 is 2.18 bits per heavy atom. The molecular formula is C27H25F. The predicted molar refractivity (Wildman–Crippen MR) is 118 cm³/mol. The van der Waals surface area contributed by atoms with Crippen LogP contribution in [-0.2, 0) is 6.42 Å². The topological polar surface area (TPSA) is 0 Å². The van der Waals surface area contributed by atoms with Crippen molar-refractivity contribution >= 4 is 11.6 Å². The minimum atomic E-state index is -0.212. The normalized spacial score (nSPS) is 11.1. The molecule has 0 saturated carbocycles. The van der Waals surface area contributed by atoms with Crippen molar-refractivity contribution in [2.75, 3.05) is 0 Å². The van der Waals surface area contributed by atoms with E-state index in [1.165, 1.54) is 23.3 Å². The van der Waals surface area contributed by atoms with E-state index in [2.05, 4.69) is 74.2 Å². The van der Waals surface area contributed by atoms with Crippen LogP contribution in [0.3, 0.4) is 0 Å². The zero-order valence-electron chi connectivity index (χ0n) is 16.7. The molecule has 0 saturated heterocycles. The summed E-state index contributed by atoms with van der Waals surface area (Å²) in [6, 6.07) is 21.4. The molecule has 0 aliphatic heterocycles. The van der Waals surface area contributed by atoms with Gasteiger partial charge >= 0.3 is 0 Å². The Morgan fingerprint density at radius 1 is 0.893 bits per heavy atom. The lowest BCUT2D eigenvalue weighted by Crippen LogP contribution is -1.86. The Labute approximate surface area is 167 Å². The van der Waals surface area contributed by atoms with Gasteiger partial charge in [0.2, 0.25) is 0 Å². The highest BCUT2D eigenvalue weighted by atomic mass is 19.1. The summed E-state index contributed by atoms with van der Waals surface area (Å²) in [5, 5.41) is 0. The lowest BCUT2D eigenvalue weighted by atomic mass is 10.00. The monoisotopic (exact) mass is 368 g/mol.